The average molecular weight is 294 g/mol. The highest BCUT2D eigenvalue weighted by Crippen LogP contribution is 2.32. The van der Waals surface area contributed by atoms with Crippen LogP contribution in [0.2, 0.25) is 0 Å². The molecule has 3 rings (SSSR count). The minimum atomic E-state index is 0.144. The highest BCUT2D eigenvalue weighted by atomic mass is 16.5. The third kappa shape index (κ3) is 2.71. The monoisotopic (exact) mass is 294 g/mol. The zero-order valence-corrected chi connectivity index (χ0v) is 13.4. The van der Waals surface area contributed by atoms with Crippen LogP contribution in [0.15, 0.2) is 54.7 Å². The van der Waals surface area contributed by atoms with E-state index < -0.39 is 0 Å². The molecule has 0 aliphatic carbocycles. The molecule has 0 saturated heterocycles. The molecule has 114 valence electrons. The maximum Gasteiger partial charge on any atom is 0.145 e. The summed E-state index contributed by atoms with van der Waals surface area (Å²) in [7, 11) is 0. The Morgan fingerprint density at radius 3 is 2.50 bits per heavy atom. The molecule has 0 spiro atoms. The van der Waals surface area contributed by atoms with Gasteiger partial charge < -0.3 is 4.74 Å². The number of hydrogen-bond donors (Lipinski definition) is 0. The smallest absolute Gasteiger partial charge is 0.145 e. The fraction of sp³-hybridized carbons (Fsp3) is 0.316. The summed E-state index contributed by atoms with van der Waals surface area (Å²) in [6.07, 6.45) is 3.05. The molecule has 1 heterocycles. The van der Waals surface area contributed by atoms with Gasteiger partial charge in [-0.15, -0.1) is 0 Å². The Morgan fingerprint density at radius 1 is 1.05 bits per heavy atom. The highest BCUT2D eigenvalue weighted by Gasteiger charge is 2.18. The number of ether oxygens (including phenoxy) is 1. The first kappa shape index (κ1) is 14.6. The van der Waals surface area contributed by atoms with Gasteiger partial charge in [0, 0.05) is 5.39 Å². The predicted octanol–water partition coefficient (Wildman–Crippen LogP) is 4.82. The topological polar surface area (TPSA) is 27.1 Å². The van der Waals surface area contributed by atoms with E-state index in [2.05, 4.69) is 47.0 Å². The molecule has 3 heteroatoms. The second-order valence-corrected chi connectivity index (χ2v) is 5.78. The molecule has 22 heavy (non-hydrogen) atoms. The van der Waals surface area contributed by atoms with Crippen LogP contribution in [0.4, 0.5) is 0 Å². The Hall–Kier alpha value is -2.29. The van der Waals surface area contributed by atoms with E-state index in [1.807, 2.05) is 38.2 Å². The first-order chi connectivity index (χ1) is 10.7. The molecule has 0 unspecified atom stereocenters. The molecule has 3 nitrogen and oxygen atoms in total. The van der Waals surface area contributed by atoms with E-state index in [4.69, 9.17) is 4.74 Å². The van der Waals surface area contributed by atoms with Crippen LogP contribution in [0, 0.1) is 0 Å². The fourth-order valence-electron chi connectivity index (χ4n) is 2.88. The Bertz CT molecular complexity index is 746. The van der Waals surface area contributed by atoms with Crippen molar-refractivity contribution >= 4 is 10.9 Å². The van der Waals surface area contributed by atoms with Gasteiger partial charge in [0.1, 0.15) is 11.3 Å². The van der Waals surface area contributed by atoms with E-state index in [1.54, 1.807) is 0 Å². The number of para-hydroxylation sites is 1. The minimum absolute atomic E-state index is 0.144. The summed E-state index contributed by atoms with van der Waals surface area (Å²) in [5.74, 6) is 0.902. The standard InChI is InChI=1S/C19H22N2O/c1-4-17(15-9-6-5-7-10-15)21-19-16(13-20-21)11-8-12-18(19)22-14(2)3/h5-14,17H,4H2,1-3H3/t17-/m0/s1. The molecule has 0 bridgehead atoms. The second kappa shape index (κ2) is 6.22. The first-order valence-electron chi connectivity index (χ1n) is 7.88. The van der Waals surface area contributed by atoms with Gasteiger partial charge in [0.2, 0.25) is 0 Å². The van der Waals surface area contributed by atoms with Crippen LogP contribution in [0.3, 0.4) is 0 Å². The predicted molar refractivity (Wildman–Crippen MR) is 90.4 cm³/mol. The third-order valence-electron chi connectivity index (χ3n) is 3.81. The lowest BCUT2D eigenvalue weighted by Crippen LogP contribution is -2.13. The molecule has 2 aromatic carbocycles. The summed E-state index contributed by atoms with van der Waals surface area (Å²) in [5.41, 5.74) is 2.35. The van der Waals surface area contributed by atoms with Crippen LogP contribution >= 0.6 is 0 Å². The Labute approximate surface area is 131 Å². The minimum Gasteiger partial charge on any atom is -0.489 e. The van der Waals surface area contributed by atoms with Gasteiger partial charge in [-0.3, -0.25) is 4.68 Å². The van der Waals surface area contributed by atoms with Gasteiger partial charge in [0.15, 0.2) is 0 Å². The van der Waals surface area contributed by atoms with Crippen molar-refractivity contribution in [2.75, 3.05) is 0 Å². The van der Waals surface area contributed by atoms with E-state index in [0.717, 1.165) is 23.1 Å². The number of nitrogens with zero attached hydrogens (tertiary/aromatic N) is 2. The molecule has 0 radical (unpaired) electrons. The molecular formula is C19H22N2O. The van der Waals surface area contributed by atoms with Crippen LogP contribution in [-0.2, 0) is 0 Å². The van der Waals surface area contributed by atoms with Crippen molar-refractivity contribution in [3.05, 3.63) is 60.3 Å². The molecular weight excluding hydrogens is 272 g/mol. The molecule has 0 aliphatic rings. The number of aromatic nitrogens is 2. The van der Waals surface area contributed by atoms with Crippen LogP contribution in [0.1, 0.15) is 38.8 Å². The third-order valence-corrected chi connectivity index (χ3v) is 3.81. The van der Waals surface area contributed by atoms with Gasteiger partial charge in [-0.25, -0.2) is 0 Å². The van der Waals surface area contributed by atoms with Crippen molar-refractivity contribution in [3.8, 4) is 5.75 Å². The summed E-state index contributed by atoms with van der Waals surface area (Å²) in [4.78, 5) is 0. The van der Waals surface area contributed by atoms with Crippen molar-refractivity contribution in [1.82, 2.24) is 9.78 Å². The van der Waals surface area contributed by atoms with E-state index >= 15 is 0 Å². The van der Waals surface area contributed by atoms with Crippen LogP contribution < -0.4 is 4.74 Å². The molecule has 3 aromatic rings. The Morgan fingerprint density at radius 2 is 1.82 bits per heavy atom. The number of hydrogen-bond acceptors (Lipinski definition) is 2. The second-order valence-electron chi connectivity index (χ2n) is 5.78. The number of fused-ring (bicyclic) bond motifs is 1. The summed E-state index contributed by atoms with van der Waals surface area (Å²) in [5, 5.41) is 5.77. The zero-order valence-electron chi connectivity index (χ0n) is 13.4. The molecule has 1 atom stereocenters. The van der Waals surface area contributed by atoms with Gasteiger partial charge in [0.25, 0.3) is 0 Å². The molecule has 0 amide bonds. The number of rotatable bonds is 5. The van der Waals surface area contributed by atoms with Crippen molar-refractivity contribution in [1.29, 1.82) is 0 Å². The quantitative estimate of drug-likeness (QED) is 0.674. The van der Waals surface area contributed by atoms with Crippen molar-refractivity contribution in [3.63, 3.8) is 0 Å². The lowest BCUT2D eigenvalue weighted by molar-refractivity contribution is 0.244. The Balaban J connectivity index is 2.13. The lowest BCUT2D eigenvalue weighted by Gasteiger charge is -2.19. The summed E-state index contributed by atoms with van der Waals surface area (Å²) < 4.78 is 8.10. The van der Waals surface area contributed by atoms with Gasteiger partial charge in [-0.05, 0) is 31.9 Å². The maximum atomic E-state index is 6.00. The summed E-state index contributed by atoms with van der Waals surface area (Å²) in [6, 6.07) is 16.9. The van der Waals surface area contributed by atoms with Gasteiger partial charge in [0.05, 0.1) is 18.3 Å². The molecule has 1 aromatic heterocycles. The van der Waals surface area contributed by atoms with E-state index in [1.165, 1.54) is 5.56 Å². The summed E-state index contributed by atoms with van der Waals surface area (Å²) >= 11 is 0. The molecule has 0 aliphatic heterocycles. The number of benzene rings is 2. The largest absolute Gasteiger partial charge is 0.489 e. The maximum absolute atomic E-state index is 6.00. The van der Waals surface area contributed by atoms with Crippen LogP contribution in [0.5, 0.6) is 5.75 Å². The molecule has 0 fully saturated rings. The average Bonchev–Trinajstić information content (AvgIpc) is 2.94. The zero-order chi connectivity index (χ0) is 15.5. The van der Waals surface area contributed by atoms with Crippen LogP contribution in [0.25, 0.3) is 10.9 Å². The summed E-state index contributed by atoms with van der Waals surface area (Å²) in [6.45, 7) is 6.29. The van der Waals surface area contributed by atoms with Crippen molar-refractivity contribution < 1.29 is 4.74 Å². The normalized spacial score (nSPS) is 12.7. The molecule has 0 saturated carbocycles. The van der Waals surface area contributed by atoms with Crippen LogP contribution in [-0.4, -0.2) is 15.9 Å². The lowest BCUT2D eigenvalue weighted by atomic mass is 10.0. The van der Waals surface area contributed by atoms with Crippen molar-refractivity contribution in [2.45, 2.75) is 39.3 Å². The van der Waals surface area contributed by atoms with Gasteiger partial charge in [-0.1, -0.05) is 49.4 Å². The highest BCUT2D eigenvalue weighted by molar-refractivity contribution is 5.85. The van der Waals surface area contributed by atoms with Gasteiger partial charge >= 0.3 is 0 Å². The van der Waals surface area contributed by atoms with Gasteiger partial charge in [-0.2, -0.15) is 5.10 Å². The van der Waals surface area contributed by atoms with E-state index in [0.29, 0.717) is 0 Å². The van der Waals surface area contributed by atoms with Crippen molar-refractivity contribution in [2.24, 2.45) is 0 Å². The Kier molecular flexibility index (Phi) is 4.14. The van der Waals surface area contributed by atoms with E-state index in [-0.39, 0.29) is 12.1 Å². The van der Waals surface area contributed by atoms with E-state index in [9.17, 15) is 0 Å². The fourth-order valence-corrected chi connectivity index (χ4v) is 2.88. The molecule has 0 N–H and O–H groups in total. The first-order valence-corrected chi connectivity index (χ1v) is 7.88. The SMILES string of the molecule is CC[C@@H](c1ccccc1)n1ncc2cccc(OC(C)C)c21.